The monoisotopic (exact) mass is 458 g/mol. The molecule has 10 heteroatoms. The fraction of sp³-hybridized carbons (Fsp3) is 0.364. The van der Waals surface area contributed by atoms with Crippen LogP contribution in [0.2, 0.25) is 0 Å². The molecule has 0 unspecified atom stereocenters. The first-order valence-corrected chi connectivity index (χ1v) is 12.1. The van der Waals surface area contributed by atoms with Crippen LogP contribution in [0.15, 0.2) is 36.4 Å². The highest BCUT2D eigenvalue weighted by molar-refractivity contribution is 7.91. The molecule has 0 aromatic heterocycles. The second-order valence-electron chi connectivity index (χ2n) is 7.90. The van der Waals surface area contributed by atoms with Gasteiger partial charge in [0.15, 0.2) is 16.4 Å². The van der Waals surface area contributed by atoms with E-state index in [1.54, 1.807) is 24.3 Å². The lowest BCUT2D eigenvalue weighted by molar-refractivity contribution is -0.148. The van der Waals surface area contributed by atoms with Crippen molar-refractivity contribution in [2.45, 2.75) is 25.3 Å². The third kappa shape index (κ3) is 4.50. The molecule has 0 spiro atoms. The van der Waals surface area contributed by atoms with E-state index in [4.69, 9.17) is 4.74 Å². The van der Waals surface area contributed by atoms with Crippen molar-refractivity contribution >= 4 is 44.3 Å². The predicted octanol–water partition coefficient (Wildman–Crippen LogP) is 1.06. The summed E-state index contributed by atoms with van der Waals surface area (Å²) in [7, 11) is -3.12. The minimum Gasteiger partial charge on any atom is -0.456 e. The number of hydrogen-bond donors (Lipinski definition) is 1. The van der Waals surface area contributed by atoms with Gasteiger partial charge in [-0.3, -0.25) is 24.1 Å². The van der Waals surface area contributed by atoms with E-state index in [1.165, 1.54) is 0 Å². The van der Waals surface area contributed by atoms with Gasteiger partial charge in [-0.25, -0.2) is 8.42 Å². The maximum Gasteiger partial charge on any atom is 0.306 e. The summed E-state index contributed by atoms with van der Waals surface area (Å²) in [5, 5.41) is 3.99. The molecular formula is C22H22N2O7S. The minimum atomic E-state index is -3.12. The fourth-order valence-corrected chi connectivity index (χ4v) is 5.73. The molecular weight excluding hydrogens is 436 g/mol. The summed E-state index contributed by atoms with van der Waals surface area (Å²) in [5.74, 6) is -2.09. The molecule has 168 valence electrons. The quantitative estimate of drug-likeness (QED) is 0.486. The molecule has 0 bridgehead atoms. The van der Waals surface area contributed by atoms with Crippen LogP contribution in [0, 0.1) is 0 Å². The Balaban J connectivity index is 1.26. The highest BCUT2D eigenvalue weighted by atomic mass is 32.2. The van der Waals surface area contributed by atoms with Crippen molar-refractivity contribution in [3.05, 3.63) is 47.5 Å². The van der Waals surface area contributed by atoms with Gasteiger partial charge < -0.3 is 10.1 Å². The Morgan fingerprint density at radius 1 is 1.06 bits per heavy atom. The first-order chi connectivity index (χ1) is 15.2. The lowest BCUT2D eigenvalue weighted by atomic mass is 9.94. The Kier molecular flexibility index (Phi) is 5.96. The van der Waals surface area contributed by atoms with Crippen LogP contribution in [-0.4, -0.2) is 67.7 Å². The Bertz CT molecular complexity index is 1170. The van der Waals surface area contributed by atoms with Crippen LogP contribution in [0.5, 0.6) is 0 Å². The largest absolute Gasteiger partial charge is 0.456 e. The van der Waals surface area contributed by atoms with Crippen molar-refractivity contribution in [3.8, 4) is 0 Å². The average molecular weight is 458 g/mol. The van der Waals surface area contributed by atoms with E-state index in [0.29, 0.717) is 22.9 Å². The summed E-state index contributed by atoms with van der Waals surface area (Å²) in [6, 6.07) is 10.1. The number of ether oxygens (including phenoxy) is 1. The maximum atomic E-state index is 12.8. The SMILES string of the molecule is O=C(COC(=O)CCCN1C(=O)c2cccc3cccc(c23)C1=O)N[C@H]1CCS(=O)(=O)C1. The van der Waals surface area contributed by atoms with Gasteiger partial charge in [0.1, 0.15) is 0 Å². The van der Waals surface area contributed by atoms with E-state index < -0.39 is 46.2 Å². The standard InChI is InChI=1S/C22H22N2O7S/c25-18(23-15-9-11-32(29,30)13-15)12-31-19(26)8-3-10-24-21(27)16-6-1-4-14-5-2-7-17(20(14)16)22(24)28/h1-2,4-7,15H,3,8-13H2,(H,23,25)/t15-/m0/s1. The Morgan fingerprint density at radius 2 is 1.72 bits per heavy atom. The number of imide groups is 1. The Morgan fingerprint density at radius 3 is 2.31 bits per heavy atom. The van der Waals surface area contributed by atoms with Crippen molar-refractivity contribution in [3.63, 3.8) is 0 Å². The van der Waals surface area contributed by atoms with Crippen LogP contribution in [0.3, 0.4) is 0 Å². The Hall–Kier alpha value is -3.27. The molecule has 0 saturated carbocycles. The number of nitrogens with zero attached hydrogens (tertiary/aromatic N) is 1. The molecule has 2 aliphatic heterocycles. The van der Waals surface area contributed by atoms with Gasteiger partial charge in [-0.05, 0) is 30.4 Å². The molecule has 9 nitrogen and oxygen atoms in total. The topological polar surface area (TPSA) is 127 Å². The summed E-state index contributed by atoms with van der Waals surface area (Å²) < 4.78 is 27.8. The Labute approximate surface area is 184 Å². The van der Waals surface area contributed by atoms with Gasteiger partial charge in [0.05, 0.1) is 11.5 Å². The number of carbonyl (C=O) groups is 4. The smallest absolute Gasteiger partial charge is 0.306 e. The zero-order valence-electron chi connectivity index (χ0n) is 17.2. The van der Waals surface area contributed by atoms with Gasteiger partial charge in [-0.15, -0.1) is 0 Å². The highest BCUT2D eigenvalue weighted by Crippen LogP contribution is 2.30. The molecule has 0 radical (unpaired) electrons. The van der Waals surface area contributed by atoms with E-state index in [-0.39, 0.29) is 30.9 Å². The van der Waals surface area contributed by atoms with Crippen molar-refractivity contribution in [1.82, 2.24) is 10.2 Å². The number of sulfone groups is 1. The number of amides is 3. The van der Waals surface area contributed by atoms with Crippen LogP contribution in [0.1, 0.15) is 40.0 Å². The van der Waals surface area contributed by atoms with Crippen LogP contribution in [0.25, 0.3) is 10.8 Å². The molecule has 4 rings (SSSR count). The zero-order valence-corrected chi connectivity index (χ0v) is 18.0. The van der Waals surface area contributed by atoms with Gasteiger partial charge in [-0.1, -0.05) is 24.3 Å². The number of rotatable bonds is 7. The molecule has 2 aromatic carbocycles. The predicted molar refractivity (Wildman–Crippen MR) is 115 cm³/mol. The van der Waals surface area contributed by atoms with E-state index in [9.17, 15) is 27.6 Å². The molecule has 2 aliphatic rings. The molecule has 2 aromatic rings. The average Bonchev–Trinajstić information content (AvgIpc) is 3.10. The molecule has 1 fully saturated rings. The van der Waals surface area contributed by atoms with E-state index in [1.807, 2.05) is 12.1 Å². The fourth-order valence-electron chi connectivity index (χ4n) is 4.06. The third-order valence-electron chi connectivity index (χ3n) is 5.58. The zero-order chi connectivity index (χ0) is 22.9. The summed E-state index contributed by atoms with van der Waals surface area (Å²) >= 11 is 0. The summed E-state index contributed by atoms with van der Waals surface area (Å²) in [4.78, 5) is 50.5. The van der Waals surface area contributed by atoms with Gasteiger partial charge in [-0.2, -0.15) is 0 Å². The van der Waals surface area contributed by atoms with Gasteiger partial charge in [0.25, 0.3) is 17.7 Å². The molecule has 1 atom stereocenters. The summed E-state index contributed by atoms with van der Waals surface area (Å²) in [6.07, 6.45) is 0.460. The number of benzene rings is 2. The van der Waals surface area contributed by atoms with Crippen LogP contribution in [0.4, 0.5) is 0 Å². The molecule has 1 saturated heterocycles. The van der Waals surface area contributed by atoms with Crippen molar-refractivity contribution in [1.29, 1.82) is 0 Å². The maximum absolute atomic E-state index is 12.8. The minimum absolute atomic E-state index is 0.0324. The summed E-state index contributed by atoms with van der Waals surface area (Å²) in [5.41, 5.74) is 0.900. The lowest BCUT2D eigenvalue weighted by Gasteiger charge is -2.27. The third-order valence-corrected chi connectivity index (χ3v) is 7.35. The molecule has 1 N–H and O–H groups in total. The second kappa shape index (κ2) is 8.70. The first-order valence-electron chi connectivity index (χ1n) is 10.3. The van der Waals surface area contributed by atoms with Crippen LogP contribution >= 0.6 is 0 Å². The molecule has 0 aliphatic carbocycles. The van der Waals surface area contributed by atoms with Gasteiger partial charge in [0.2, 0.25) is 0 Å². The van der Waals surface area contributed by atoms with E-state index >= 15 is 0 Å². The van der Waals surface area contributed by atoms with E-state index in [2.05, 4.69) is 5.32 Å². The van der Waals surface area contributed by atoms with Crippen molar-refractivity contribution in [2.24, 2.45) is 0 Å². The van der Waals surface area contributed by atoms with E-state index in [0.717, 1.165) is 10.3 Å². The highest BCUT2D eigenvalue weighted by Gasteiger charge is 2.32. The number of hydrogen-bond acceptors (Lipinski definition) is 7. The van der Waals surface area contributed by atoms with Crippen molar-refractivity contribution < 1.29 is 32.3 Å². The van der Waals surface area contributed by atoms with Crippen LogP contribution in [-0.2, 0) is 24.2 Å². The number of esters is 1. The van der Waals surface area contributed by atoms with Gasteiger partial charge in [0, 0.05) is 35.5 Å². The van der Waals surface area contributed by atoms with Crippen LogP contribution < -0.4 is 5.32 Å². The molecule has 2 heterocycles. The lowest BCUT2D eigenvalue weighted by Crippen LogP contribution is -2.41. The molecule has 32 heavy (non-hydrogen) atoms. The normalized spacial score (nSPS) is 19.2. The van der Waals surface area contributed by atoms with Crippen molar-refractivity contribution in [2.75, 3.05) is 24.7 Å². The number of carbonyl (C=O) groups excluding carboxylic acids is 4. The summed E-state index contributed by atoms with van der Waals surface area (Å²) in [6.45, 7) is -0.462. The number of nitrogens with one attached hydrogen (secondary N) is 1. The van der Waals surface area contributed by atoms with Gasteiger partial charge >= 0.3 is 5.97 Å². The second-order valence-corrected chi connectivity index (χ2v) is 10.1. The molecule has 3 amide bonds. The first kappa shape index (κ1) is 21.9.